The summed E-state index contributed by atoms with van der Waals surface area (Å²) in [5.41, 5.74) is 3.26. The first-order chi connectivity index (χ1) is 11.2. The van der Waals surface area contributed by atoms with Crippen LogP contribution in [0.25, 0.3) is 11.0 Å². The Morgan fingerprint density at radius 1 is 1.13 bits per heavy atom. The number of aromatic nitrogens is 2. The fraction of sp³-hybridized carbons (Fsp3) is 0.263. The van der Waals surface area contributed by atoms with E-state index in [1.54, 1.807) is 0 Å². The van der Waals surface area contributed by atoms with Crippen LogP contribution < -0.4 is 5.32 Å². The smallest absolute Gasteiger partial charge is 0.220 e. The van der Waals surface area contributed by atoms with Crippen LogP contribution in [-0.2, 0) is 11.3 Å². The Bertz CT molecular complexity index is 808. The van der Waals surface area contributed by atoms with Crippen molar-refractivity contribution in [1.82, 2.24) is 14.9 Å². The zero-order chi connectivity index (χ0) is 16.2. The number of hydrogen-bond donors (Lipinski definition) is 1. The van der Waals surface area contributed by atoms with Crippen molar-refractivity contribution >= 4 is 16.9 Å². The Morgan fingerprint density at radius 2 is 1.83 bits per heavy atom. The topological polar surface area (TPSA) is 46.9 Å². The van der Waals surface area contributed by atoms with Crippen molar-refractivity contribution in [3.8, 4) is 0 Å². The van der Waals surface area contributed by atoms with Gasteiger partial charge in [0.15, 0.2) is 0 Å². The standard InChI is InChI=1S/C19H21N3O/c1-3-18(23)20-14(2)19-21-16-11-7-8-12-17(16)22(19)13-15-9-5-4-6-10-15/h4-12,14H,3,13H2,1-2H3,(H,20,23). The number of rotatable bonds is 5. The summed E-state index contributed by atoms with van der Waals surface area (Å²) in [7, 11) is 0. The van der Waals surface area contributed by atoms with Crippen LogP contribution >= 0.6 is 0 Å². The Labute approximate surface area is 136 Å². The first-order valence-corrected chi connectivity index (χ1v) is 7.97. The summed E-state index contributed by atoms with van der Waals surface area (Å²) in [5, 5.41) is 3.01. The minimum absolute atomic E-state index is 0.0378. The van der Waals surface area contributed by atoms with E-state index in [9.17, 15) is 4.79 Å². The Kier molecular flexibility index (Phi) is 4.42. The highest BCUT2D eigenvalue weighted by molar-refractivity contribution is 5.78. The average molecular weight is 307 g/mol. The maximum atomic E-state index is 11.7. The zero-order valence-corrected chi connectivity index (χ0v) is 13.5. The molecule has 23 heavy (non-hydrogen) atoms. The first kappa shape index (κ1) is 15.3. The summed E-state index contributed by atoms with van der Waals surface area (Å²) in [6, 6.07) is 18.3. The average Bonchev–Trinajstić information content (AvgIpc) is 2.94. The van der Waals surface area contributed by atoms with Gasteiger partial charge in [0.05, 0.1) is 17.1 Å². The number of nitrogens with one attached hydrogen (secondary N) is 1. The third-order valence-corrected chi connectivity index (χ3v) is 3.95. The Hall–Kier alpha value is -2.62. The molecule has 0 radical (unpaired) electrons. The van der Waals surface area contributed by atoms with E-state index in [4.69, 9.17) is 4.98 Å². The van der Waals surface area contributed by atoms with Crippen molar-refractivity contribution in [1.29, 1.82) is 0 Å². The summed E-state index contributed by atoms with van der Waals surface area (Å²) in [6.07, 6.45) is 0.475. The third kappa shape index (κ3) is 3.26. The van der Waals surface area contributed by atoms with Crippen molar-refractivity contribution in [2.75, 3.05) is 0 Å². The van der Waals surface area contributed by atoms with E-state index < -0.39 is 0 Å². The van der Waals surface area contributed by atoms with Gasteiger partial charge in [0.25, 0.3) is 0 Å². The lowest BCUT2D eigenvalue weighted by Crippen LogP contribution is -2.28. The molecule has 1 atom stereocenters. The van der Waals surface area contributed by atoms with Crippen LogP contribution in [0.3, 0.4) is 0 Å². The van der Waals surface area contributed by atoms with E-state index in [1.807, 2.05) is 50.2 Å². The normalized spacial score (nSPS) is 12.3. The van der Waals surface area contributed by atoms with Crippen molar-refractivity contribution < 1.29 is 4.79 Å². The van der Waals surface area contributed by atoms with Gasteiger partial charge >= 0.3 is 0 Å². The highest BCUT2D eigenvalue weighted by Gasteiger charge is 2.17. The van der Waals surface area contributed by atoms with Gasteiger partial charge in [-0.05, 0) is 24.6 Å². The van der Waals surface area contributed by atoms with Crippen LogP contribution in [0.4, 0.5) is 0 Å². The van der Waals surface area contributed by atoms with Gasteiger partial charge in [0.2, 0.25) is 5.91 Å². The van der Waals surface area contributed by atoms with Gasteiger partial charge < -0.3 is 9.88 Å². The minimum atomic E-state index is -0.126. The molecule has 0 fully saturated rings. The molecule has 1 aromatic heterocycles. The summed E-state index contributed by atoms with van der Waals surface area (Å²) in [5.74, 6) is 0.924. The molecule has 3 aromatic rings. The number of nitrogens with zero attached hydrogens (tertiary/aromatic N) is 2. The number of benzene rings is 2. The van der Waals surface area contributed by atoms with Gasteiger partial charge in [-0.15, -0.1) is 0 Å². The lowest BCUT2D eigenvalue weighted by atomic mass is 10.2. The van der Waals surface area contributed by atoms with Gasteiger partial charge in [-0.3, -0.25) is 4.79 Å². The number of hydrogen-bond acceptors (Lipinski definition) is 2. The summed E-state index contributed by atoms with van der Waals surface area (Å²) >= 11 is 0. The lowest BCUT2D eigenvalue weighted by molar-refractivity contribution is -0.121. The summed E-state index contributed by atoms with van der Waals surface area (Å²) in [6.45, 7) is 4.58. The van der Waals surface area contributed by atoms with Crippen LogP contribution in [0.15, 0.2) is 54.6 Å². The monoisotopic (exact) mass is 307 g/mol. The molecule has 0 saturated heterocycles. The van der Waals surface area contributed by atoms with Crippen LogP contribution in [0.1, 0.15) is 37.7 Å². The van der Waals surface area contributed by atoms with E-state index in [0.717, 1.165) is 23.4 Å². The molecule has 2 aromatic carbocycles. The van der Waals surface area contributed by atoms with E-state index in [1.165, 1.54) is 5.56 Å². The summed E-state index contributed by atoms with van der Waals surface area (Å²) in [4.78, 5) is 16.5. The number of carbonyl (C=O) groups excluding carboxylic acids is 1. The molecule has 0 saturated carbocycles. The van der Waals surface area contributed by atoms with E-state index >= 15 is 0 Å². The molecule has 118 valence electrons. The van der Waals surface area contributed by atoms with E-state index in [-0.39, 0.29) is 11.9 Å². The third-order valence-electron chi connectivity index (χ3n) is 3.95. The largest absolute Gasteiger partial charge is 0.346 e. The van der Waals surface area contributed by atoms with Gasteiger partial charge in [-0.25, -0.2) is 4.98 Å². The molecule has 1 N–H and O–H groups in total. The fourth-order valence-electron chi connectivity index (χ4n) is 2.76. The molecule has 4 nitrogen and oxygen atoms in total. The Morgan fingerprint density at radius 3 is 2.57 bits per heavy atom. The summed E-state index contributed by atoms with van der Waals surface area (Å²) < 4.78 is 2.19. The molecule has 1 heterocycles. The van der Waals surface area contributed by atoms with Gasteiger partial charge in [-0.2, -0.15) is 0 Å². The highest BCUT2D eigenvalue weighted by Crippen LogP contribution is 2.22. The van der Waals surface area contributed by atoms with Crippen molar-refractivity contribution in [3.63, 3.8) is 0 Å². The van der Waals surface area contributed by atoms with Crippen LogP contribution in [0.5, 0.6) is 0 Å². The molecule has 0 aliphatic carbocycles. The van der Waals surface area contributed by atoms with Crippen molar-refractivity contribution in [3.05, 3.63) is 66.0 Å². The van der Waals surface area contributed by atoms with Crippen molar-refractivity contribution in [2.45, 2.75) is 32.9 Å². The van der Waals surface area contributed by atoms with Gasteiger partial charge in [0.1, 0.15) is 5.82 Å². The molecule has 4 heteroatoms. The molecule has 0 bridgehead atoms. The van der Waals surface area contributed by atoms with Gasteiger partial charge in [0, 0.05) is 13.0 Å². The van der Waals surface area contributed by atoms with Crippen LogP contribution in [0.2, 0.25) is 0 Å². The van der Waals surface area contributed by atoms with E-state index in [2.05, 4.69) is 28.1 Å². The second-order valence-corrected chi connectivity index (χ2v) is 5.67. The predicted molar refractivity (Wildman–Crippen MR) is 92.1 cm³/mol. The highest BCUT2D eigenvalue weighted by atomic mass is 16.1. The first-order valence-electron chi connectivity index (χ1n) is 7.97. The number of para-hydroxylation sites is 2. The maximum absolute atomic E-state index is 11.7. The number of carbonyl (C=O) groups is 1. The fourth-order valence-corrected chi connectivity index (χ4v) is 2.76. The number of amides is 1. The predicted octanol–water partition coefficient (Wildman–Crippen LogP) is 3.67. The molecule has 0 aliphatic rings. The van der Waals surface area contributed by atoms with Crippen molar-refractivity contribution in [2.24, 2.45) is 0 Å². The van der Waals surface area contributed by atoms with E-state index in [0.29, 0.717) is 6.42 Å². The molecule has 1 unspecified atom stereocenters. The van der Waals surface area contributed by atoms with Gasteiger partial charge in [-0.1, -0.05) is 49.4 Å². The molecular weight excluding hydrogens is 286 g/mol. The maximum Gasteiger partial charge on any atom is 0.220 e. The zero-order valence-electron chi connectivity index (χ0n) is 13.5. The molecule has 3 rings (SSSR count). The molecule has 0 aliphatic heterocycles. The molecular formula is C19H21N3O. The minimum Gasteiger partial charge on any atom is -0.346 e. The quantitative estimate of drug-likeness (QED) is 0.781. The Balaban J connectivity index is 2.02. The SMILES string of the molecule is CCC(=O)NC(C)c1nc2ccccc2n1Cc1ccccc1. The van der Waals surface area contributed by atoms with Crippen LogP contribution in [-0.4, -0.2) is 15.5 Å². The second-order valence-electron chi connectivity index (χ2n) is 5.67. The van der Waals surface area contributed by atoms with Crippen LogP contribution in [0, 0.1) is 0 Å². The lowest BCUT2D eigenvalue weighted by Gasteiger charge is -2.16. The number of fused-ring (bicyclic) bond motifs is 1. The molecule has 1 amide bonds. The molecule has 0 spiro atoms. The second kappa shape index (κ2) is 6.65. The number of imidazole rings is 1.